The number of hydrogen-bond donors (Lipinski definition) is 1. The van der Waals surface area contributed by atoms with Gasteiger partial charge < -0.3 is 5.32 Å². The summed E-state index contributed by atoms with van der Waals surface area (Å²) in [6.45, 7) is 8.16. The second-order valence-corrected chi connectivity index (χ2v) is 6.18. The van der Waals surface area contributed by atoms with Gasteiger partial charge in [-0.05, 0) is 29.7 Å². The number of benzene rings is 1. The summed E-state index contributed by atoms with van der Waals surface area (Å²) in [5.74, 6) is 0.640. The molecule has 0 aliphatic heterocycles. The number of hydrogen-bond acceptors (Lipinski definition) is 1. The molecule has 1 atom stereocenters. The van der Waals surface area contributed by atoms with Crippen molar-refractivity contribution in [3.8, 4) is 0 Å². The molecule has 1 fully saturated rings. The van der Waals surface area contributed by atoms with Crippen LogP contribution in [-0.2, 0) is 0 Å². The molecule has 1 aromatic carbocycles. The maximum Gasteiger partial charge on any atom is 0.0343 e. The molecule has 1 aliphatic rings. The average Bonchev–Trinajstić information content (AvgIpc) is 2.28. The molecule has 94 valence electrons. The lowest BCUT2D eigenvalue weighted by Crippen LogP contribution is -2.40. The molecule has 0 amide bonds. The maximum absolute atomic E-state index is 3.78. The highest BCUT2D eigenvalue weighted by molar-refractivity contribution is 5.19. The van der Waals surface area contributed by atoms with E-state index >= 15 is 0 Å². The zero-order valence-electron chi connectivity index (χ0n) is 11.4. The lowest BCUT2D eigenvalue weighted by molar-refractivity contribution is 0.146. The largest absolute Gasteiger partial charge is 0.309 e. The summed E-state index contributed by atoms with van der Waals surface area (Å²) in [4.78, 5) is 0. The van der Waals surface area contributed by atoms with Gasteiger partial charge in [0, 0.05) is 12.6 Å². The van der Waals surface area contributed by atoms with Crippen LogP contribution in [0.1, 0.15) is 51.6 Å². The van der Waals surface area contributed by atoms with Crippen molar-refractivity contribution in [3.63, 3.8) is 0 Å². The third-order valence-electron chi connectivity index (χ3n) is 4.13. The molecule has 0 saturated heterocycles. The van der Waals surface area contributed by atoms with Gasteiger partial charge in [-0.1, -0.05) is 57.5 Å². The van der Waals surface area contributed by atoms with Gasteiger partial charge in [0.2, 0.25) is 0 Å². The molecule has 1 aliphatic carbocycles. The van der Waals surface area contributed by atoms with Crippen LogP contribution < -0.4 is 5.32 Å². The molecule has 1 nitrogen and oxygen atoms in total. The summed E-state index contributed by atoms with van der Waals surface area (Å²) in [6, 6.07) is 11.3. The van der Waals surface area contributed by atoms with Crippen molar-refractivity contribution in [1.82, 2.24) is 5.32 Å². The third-order valence-corrected chi connectivity index (χ3v) is 4.13. The summed E-state index contributed by atoms with van der Waals surface area (Å²) in [5, 5.41) is 3.78. The second kappa shape index (κ2) is 5.22. The summed E-state index contributed by atoms with van der Waals surface area (Å²) in [7, 11) is 0. The lowest BCUT2D eigenvalue weighted by atomic mass is 9.70. The molecule has 2 rings (SSSR count). The van der Waals surface area contributed by atoms with E-state index in [1.165, 1.54) is 24.8 Å². The van der Waals surface area contributed by atoms with Crippen LogP contribution in [0.4, 0.5) is 0 Å². The molecule has 0 aromatic heterocycles. The molecule has 1 heteroatoms. The monoisotopic (exact) mass is 231 g/mol. The number of rotatable bonds is 5. The molecule has 17 heavy (non-hydrogen) atoms. The Kier molecular flexibility index (Phi) is 3.88. The van der Waals surface area contributed by atoms with E-state index in [1.807, 2.05) is 0 Å². The summed E-state index contributed by atoms with van der Waals surface area (Å²) >= 11 is 0. The average molecular weight is 231 g/mol. The van der Waals surface area contributed by atoms with Crippen LogP contribution in [0.15, 0.2) is 30.3 Å². The van der Waals surface area contributed by atoms with Crippen LogP contribution in [-0.4, -0.2) is 6.54 Å². The fraction of sp³-hybridized carbons (Fsp3) is 0.625. The molecule has 0 radical (unpaired) electrons. The van der Waals surface area contributed by atoms with Gasteiger partial charge >= 0.3 is 0 Å². The Morgan fingerprint density at radius 3 is 2.29 bits per heavy atom. The van der Waals surface area contributed by atoms with Crippen LogP contribution in [0, 0.1) is 11.3 Å². The van der Waals surface area contributed by atoms with Crippen molar-refractivity contribution in [3.05, 3.63) is 35.9 Å². The zero-order valence-corrected chi connectivity index (χ0v) is 11.4. The molecule has 1 aromatic rings. The molecule has 0 heterocycles. The maximum atomic E-state index is 3.78. The summed E-state index contributed by atoms with van der Waals surface area (Å²) < 4.78 is 0. The van der Waals surface area contributed by atoms with Gasteiger partial charge in [0.25, 0.3) is 0 Å². The van der Waals surface area contributed by atoms with Gasteiger partial charge in [-0.15, -0.1) is 0 Å². The first kappa shape index (κ1) is 12.6. The Morgan fingerprint density at radius 2 is 1.82 bits per heavy atom. The highest BCUT2D eigenvalue weighted by Crippen LogP contribution is 2.40. The van der Waals surface area contributed by atoms with E-state index in [9.17, 15) is 0 Å². The molecule has 1 saturated carbocycles. The minimum Gasteiger partial charge on any atom is -0.309 e. The topological polar surface area (TPSA) is 12.0 Å². The van der Waals surface area contributed by atoms with Gasteiger partial charge in [0.1, 0.15) is 0 Å². The Hall–Kier alpha value is -0.820. The summed E-state index contributed by atoms with van der Waals surface area (Å²) in [5.41, 5.74) is 1.98. The van der Waals surface area contributed by atoms with Crippen molar-refractivity contribution in [1.29, 1.82) is 0 Å². The number of nitrogens with one attached hydrogen (secondary N) is 1. The Balaban J connectivity index is 1.98. The van der Waals surface area contributed by atoms with E-state index in [-0.39, 0.29) is 0 Å². The minimum absolute atomic E-state index is 0.494. The minimum atomic E-state index is 0.494. The molecular weight excluding hydrogens is 206 g/mol. The molecule has 1 unspecified atom stereocenters. The third kappa shape index (κ3) is 3.10. The normalized spacial score (nSPS) is 20.0. The van der Waals surface area contributed by atoms with Crippen LogP contribution in [0.2, 0.25) is 0 Å². The van der Waals surface area contributed by atoms with Crippen LogP contribution in [0.3, 0.4) is 0 Å². The van der Waals surface area contributed by atoms with Crippen molar-refractivity contribution in [2.45, 2.75) is 46.1 Å². The van der Waals surface area contributed by atoms with Crippen LogP contribution >= 0.6 is 0 Å². The van der Waals surface area contributed by atoms with Crippen LogP contribution in [0.5, 0.6) is 0 Å². The van der Waals surface area contributed by atoms with E-state index in [0.717, 1.165) is 6.54 Å². The van der Waals surface area contributed by atoms with Crippen molar-refractivity contribution >= 4 is 0 Å². The van der Waals surface area contributed by atoms with Gasteiger partial charge in [0.05, 0.1) is 0 Å². The Morgan fingerprint density at radius 1 is 1.18 bits per heavy atom. The van der Waals surface area contributed by atoms with E-state index in [0.29, 0.717) is 17.4 Å². The summed E-state index contributed by atoms with van der Waals surface area (Å²) in [6.07, 6.45) is 4.19. The van der Waals surface area contributed by atoms with Gasteiger partial charge in [-0.3, -0.25) is 0 Å². The first-order valence-electron chi connectivity index (χ1n) is 6.89. The molecular formula is C16H25N. The smallest absolute Gasteiger partial charge is 0.0343 e. The van der Waals surface area contributed by atoms with Crippen molar-refractivity contribution < 1.29 is 0 Å². The molecule has 1 N–H and O–H groups in total. The fourth-order valence-corrected chi connectivity index (χ4v) is 2.71. The van der Waals surface area contributed by atoms with Gasteiger partial charge in [0.15, 0.2) is 0 Å². The molecule has 0 bridgehead atoms. The van der Waals surface area contributed by atoms with Crippen LogP contribution in [0.25, 0.3) is 0 Å². The quantitative estimate of drug-likeness (QED) is 0.802. The predicted molar refractivity (Wildman–Crippen MR) is 74.0 cm³/mol. The van der Waals surface area contributed by atoms with E-state index < -0.39 is 0 Å². The highest BCUT2D eigenvalue weighted by Gasteiger charge is 2.32. The zero-order chi connectivity index (χ0) is 12.3. The van der Waals surface area contributed by atoms with Gasteiger partial charge in [-0.2, -0.15) is 0 Å². The Labute approximate surface area is 106 Å². The first-order chi connectivity index (χ1) is 8.11. The standard InChI is InChI=1S/C16H25N/c1-13(2)15(14-8-5-4-6-9-14)17-12-16(3)10-7-11-16/h4-6,8-9,13,15,17H,7,10-12H2,1-3H3. The first-order valence-corrected chi connectivity index (χ1v) is 6.89. The fourth-order valence-electron chi connectivity index (χ4n) is 2.71. The molecule has 0 spiro atoms. The SMILES string of the molecule is CC(C)C(NCC1(C)CCC1)c1ccccc1. The van der Waals surface area contributed by atoms with Gasteiger partial charge in [-0.25, -0.2) is 0 Å². The second-order valence-electron chi connectivity index (χ2n) is 6.18. The Bertz CT molecular complexity index is 338. The highest BCUT2D eigenvalue weighted by atomic mass is 14.9. The van der Waals surface area contributed by atoms with Crippen molar-refractivity contribution in [2.75, 3.05) is 6.54 Å². The van der Waals surface area contributed by atoms with E-state index in [1.54, 1.807) is 0 Å². The lowest BCUT2D eigenvalue weighted by Gasteiger charge is -2.40. The van der Waals surface area contributed by atoms with E-state index in [2.05, 4.69) is 56.4 Å². The van der Waals surface area contributed by atoms with Crippen molar-refractivity contribution in [2.24, 2.45) is 11.3 Å². The predicted octanol–water partition coefficient (Wildman–Crippen LogP) is 4.16. The van der Waals surface area contributed by atoms with E-state index in [4.69, 9.17) is 0 Å².